The van der Waals surface area contributed by atoms with Crippen molar-refractivity contribution in [1.82, 2.24) is 5.32 Å². The Morgan fingerprint density at radius 2 is 2.05 bits per heavy atom. The molecule has 19 heavy (non-hydrogen) atoms. The number of halogens is 1. The van der Waals surface area contributed by atoms with Crippen molar-refractivity contribution in [3.05, 3.63) is 58.6 Å². The first-order valence-electron chi connectivity index (χ1n) is 5.84. The lowest BCUT2D eigenvalue weighted by Gasteiger charge is -2.11. The summed E-state index contributed by atoms with van der Waals surface area (Å²) in [6.45, 7) is 0.722. The van der Waals surface area contributed by atoms with Gasteiger partial charge in [0.25, 0.3) is 0 Å². The fraction of sp³-hybridized carbons (Fsp3) is 0.133. The molecule has 3 nitrogen and oxygen atoms in total. The van der Waals surface area contributed by atoms with Gasteiger partial charge >= 0.3 is 0 Å². The normalized spacial score (nSPS) is 9.95. The minimum absolute atomic E-state index is 0.395. The van der Waals surface area contributed by atoms with Gasteiger partial charge in [-0.3, -0.25) is 0 Å². The quantitative estimate of drug-likeness (QED) is 0.922. The van der Waals surface area contributed by atoms with Gasteiger partial charge < -0.3 is 10.1 Å². The van der Waals surface area contributed by atoms with E-state index in [0.29, 0.717) is 16.3 Å². The molecule has 0 aliphatic carbocycles. The molecule has 0 radical (unpaired) electrons. The van der Waals surface area contributed by atoms with E-state index in [2.05, 4.69) is 5.32 Å². The predicted octanol–water partition coefficient (Wildman–Crippen LogP) is 3.72. The van der Waals surface area contributed by atoms with Crippen LogP contribution in [0.15, 0.2) is 42.5 Å². The molecule has 4 heteroatoms. The Bertz CT molecular complexity index is 620. The molecular weight excluding hydrogens is 260 g/mol. The first-order valence-corrected chi connectivity index (χ1v) is 6.22. The average Bonchev–Trinajstić information content (AvgIpc) is 2.41. The van der Waals surface area contributed by atoms with Gasteiger partial charge in [0.05, 0.1) is 10.6 Å². The Morgan fingerprint density at radius 3 is 2.74 bits per heavy atom. The molecule has 0 unspecified atom stereocenters. The Labute approximate surface area is 117 Å². The highest BCUT2D eigenvalue weighted by molar-refractivity contribution is 6.31. The van der Waals surface area contributed by atoms with Crippen LogP contribution in [0, 0.1) is 11.3 Å². The smallest absolute Gasteiger partial charge is 0.131 e. The van der Waals surface area contributed by atoms with E-state index in [1.54, 1.807) is 18.2 Å². The molecule has 0 aliphatic rings. The summed E-state index contributed by atoms with van der Waals surface area (Å²) in [5, 5.41) is 12.3. The molecule has 96 valence electrons. The summed E-state index contributed by atoms with van der Waals surface area (Å²) < 4.78 is 5.81. The second-order valence-corrected chi connectivity index (χ2v) is 4.40. The van der Waals surface area contributed by atoms with Gasteiger partial charge in [0, 0.05) is 18.2 Å². The van der Waals surface area contributed by atoms with Crippen molar-refractivity contribution in [2.75, 3.05) is 7.05 Å². The van der Waals surface area contributed by atoms with Gasteiger partial charge in [-0.05, 0) is 25.2 Å². The number of nitrogens with zero attached hydrogens (tertiary/aromatic N) is 1. The molecule has 2 aromatic rings. The van der Waals surface area contributed by atoms with Crippen LogP contribution >= 0.6 is 11.6 Å². The van der Waals surface area contributed by atoms with Crippen LogP contribution < -0.4 is 10.1 Å². The van der Waals surface area contributed by atoms with Crippen molar-refractivity contribution in [3.63, 3.8) is 0 Å². The summed E-state index contributed by atoms with van der Waals surface area (Å²) in [7, 11) is 1.88. The van der Waals surface area contributed by atoms with Gasteiger partial charge in [-0.1, -0.05) is 29.8 Å². The summed E-state index contributed by atoms with van der Waals surface area (Å²) in [6, 6.07) is 14.8. The van der Waals surface area contributed by atoms with Crippen LogP contribution in [0.2, 0.25) is 5.02 Å². The number of para-hydroxylation sites is 1. The number of nitriles is 1. The number of rotatable bonds is 4. The molecule has 0 atom stereocenters. The van der Waals surface area contributed by atoms with Crippen LogP contribution in [0.3, 0.4) is 0 Å². The van der Waals surface area contributed by atoms with Crippen molar-refractivity contribution >= 4 is 11.6 Å². The van der Waals surface area contributed by atoms with Crippen molar-refractivity contribution in [1.29, 1.82) is 5.26 Å². The number of hydrogen-bond donors (Lipinski definition) is 1. The Kier molecular flexibility index (Phi) is 4.40. The number of nitrogens with one attached hydrogen (secondary N) is 1. The zero-order chi connectivity index (χ0) is 13.7. The third-order valence-corrected chi connectivity index (χ3v) is 2.94. The third kappa shape index (κ3) is 3.25. The van der Waals surface area contributed by atoms with Gasteiger partial charge in [0.2, 0.25) is 0 Å². The zero-order valence-corrected chi connectivity index (χ0v) is 11.2. The summed E-state index contributed by atoms with van der Waals surface area (Å²) in [5.74, 6) is 1.39. The predicted molar refractivity (Wildman–Crippen MR) is 75.4 cm³/mol. The molecule has 0 aromatic heterocycles. The molecule has 0 heterocycles. The lowest BCUT2D eigenvalue weighted by atomic mass is 10.2. The second-order valence-electron chi connectivity index (χ2n) is 3.99. The first-order chi connectivity index (χ1) is 9.24. The average molecular weight is 273 g/mol. The fourth-order valence-corrected chi connectivity index (χ4v) is 1.93. The minimum atomic E-state index is 0.395. The van der Waals surface area contributed by atoms with Gasteiger partial charge in [-0.15, -0.1) is 0 Å². The molecule has 0 saturated heterocycles. The van der Waals surface area contributed by atoms with Gasteiger partial charge in [-0.2, -0.15) is 5.26 Å². The summed E-state index contributed by atoms with van der Waals surface area (Å²) in [6.07, 6.45) is 0. The van der Waals surface area contributed by atoms with E-state index in [0.717, 1.165) is 17.9 Å². The standard InChI is InChI=1S/C15H13ClN2O/c1-18-10-12-4-2-3-5-15(12)19-13-7-6-11(9-17)14(16)8-13/h2-8,18H,10H2,1H3. The van der Waals surface area contributed by atoms with E-state index < -0.39 is 0 Å². The van der Waals surface area contributed by atoms with Crippen LogP contribution in [0.1, 0.15) is 11.1 Å². The topological polar surface area (TPSA) is 45.0 Å². The fourth-order valence-electron chi connectivity index (χ4n) is 1.72. The lowest BCUT2D eigenvalue weighted by Crippen LogP contribution is -2.06. The van der Waals surface area contributed by atoms with E-state index >= 15 is 0 Å². The monoisotopic (exact) mass is 272 g/mol. The van der Waals surface area contributed by atoms with E-state index in [9.17, 15) is 0 Å². The van der Waals surface area contributed by atoms with E-state index in [4.69, 9.17) is 21.6 Å². The third-order valence-electron chi connectivity index (χ3n) is 2.63. The number of ether oxygens (including phenoxy) is 1. The largest absolute Gasteiger partial charge is 0.457 e. The summed E-state index contributed by atoms with van der Waals surface area (Å²) in [4.78, 5) is 0. The first kappa shape index (κ1) is 13.4. The molecule has 0 saturated carbocycles. The maximum atomic E-state index is 8.83. The van der Waals surface area contributed by atoms with Gasteiger partial charge in [-0.25, -0.2) is 0 Å². The molecule has 0 aliphatic heterocycles. The van der Waals surface area contributed by atoms with E-state index in [-0.39, 0.29) is 0 Å². The minimum Gasteiger partial charge on any atom is -0.457 e. The van der Waals surface area contributed by atoms with Crippen LogP contribution in [-0.4, -0.2) is 7.05 Å². The van der Waals surface area contributed by atoms with Gasteiger partial charge in [0.1, 0.15) is 17.6 Å². The molecule has 0 fully saturated rings. The second kappa shape index (κ2) is 6.24. The van der Waals surface area contributed by atoms with Crippen LogP contribution in [0.5, 0.6) is 11.5 Å². The molecule has 0 spiro atoms. The van der Waals surface area contributed by atoms with E-state index in [1.165, 1.54) is 0 Å². The molecule has 2 rings (SSSR count). The summed E-state index contributed by atoms with van der Waals surface area (Å²) in [5.41, 5.74) is 1.50. The van der Waals surface area contributed by atoms with E-state index in [1.807, 2.05) is 37.4 Å². The highest BCUT2D eigenvalue weighted by Gasteiger charge is 2.06. The van der Waals surface area contributed by atoms with Crippen molar-refractivity contribution in [2.24, 2.45) is 0 Å². The Morgan fingerprint density at radius 1 is 1.26 bits per heavy atom. The maximum Gasteiger partial charge on any atom is 0.131 e. The molecular formula is C15H13ClN2O. The lowest BCUT2D eigenvalue weighted by molar-refractivity contribution is 0.474. The molecule has 1 N–H and O–H groups in total. The van der Waals surface area contributed by atoms with Crippen LogP contribution in [0.25, 0.3) is 0 Å². The Hall–Kier alpha value is -2.02. The van der Waals surface area contributed by atoms with Gasteiger partial charge in [0.15, 0.2) is 0 Å². The number of benzene rings is 2. The number of hydrogen-bond acceptors (Lipinski definition) is 3. The molecule has 0 bridgehead atoms. The highest BCUT2D eigenvalue weighted by atomic mass is 35.5. The van der Waals surface area contributed by atoms with Crippen molar-refractivity contribution < 1.29 is 4.74 Å². The zero-order valence-electron chi connectivity index (χ0n) is 10.5. The van der Waals surface area contributed by atoms with Crippen molar-refractivity contribution in [2.45, 2.75) is 6.54 Å². The van der Waals surface area contributed by atoms with Crippen LogP contribution in [-0.2, 0) is 6.54 Å². The van der Waals surface area contributed by atoms with Crippen LogP contribution in [0.4, 0.5) is 0 Å². The Balaban J connectivity index is 2.26. The SMILES string of the molecule is CNCc1ccccc1Oc1ccc(C#N)c(Cl)c1. The van der Waals surface area contributed by atoms with Crippen molar-refractivity contribution in [3.8, 4) is 17.6 Å². The summed E-state index contributed by atoms with van der Waals surface area (Å²) >= 11 is 5.98. The maximum absolute atomic E-state index is 8.83. The molecule has 2 aromatic carbocycles. The highest BCUT2D eigenvalue weighted by Crippen LogP contribution is 2.28. The molecule has 0 amide bonds.